The van der Waals surface area contributed by atoms with Gasteiger partial charge >= 0.3 is 0 Å². The number of aryl methyl sites for hydroxylation is 2. The van der Waals surface area contributed by atoms with Crippen molar-refractivity contribution in [3.63, 3.8) is 0 Å². The molecule has 1 aromatic heterocycles. The van der Waals surface area contributed by atoms with Gasteiger partial charge in [-0.3, -0.25) is 0 Å². The molecule has 9 aromatic rings. The minimum Gasteiger partial charge on any atom is -0.311 e. The summed E-state index contributed by atoms with van der Waals surface area (Å²) in [5, 5.41) is 2.50. The normalized spacial score (nSPS) is 18.1. The Morgan fingerprint density at radius 1 is 0.488 bits per heavy atom. The van der Waals surface area contributed by atoms with Gasteiger partial charge in [0.1, 0.15) is 0 Å². The van der Waals surface area contributed by atoms with Crippen LogP contribution in [0.2, 0.25) is 0 Å². The van der Waals surface area contributed by atoms with Gasteiger partial charge in [-0.05, 0) is 210 Å². The quantitative estimate of drug-likeness (QED) is 0.159. The van der Waals surface area contributed by atoms with Crippen LogP contribution in [0.5, 0.6) is 0 Å². The molecule has 3 nitrogen and oxygen atoms in total. The molecule has 0 fully saturated rings. The molecule has 2 aliphatic carbocycles. The van der Waals surface area contributed by atoms with Crippen LogP contribution in [0.3, 0.4) is 0 Å². The van der Waals surface area contributed by atoms with Crippen LogP contribution in [-0.4, -0.2) is 6.71 Å². The molecule has 418 valence electrons. The minimum absolute atomic E-state index is 0.0146. The second kappa shape index (κ2) is 18.0. The molecule has 0 radical (unpaired) electrons. The summed E-state index contributed by atoms with van der Waals surface area (Å²) < 4.78 is 30.9. The van der Waals surface area contributed by atoms with Gasteiger partial charge < -0.3 is 14.7 Å². The van der Waals surface area contributed by atoms with Crippen molar-refractivity contribution in [1.82, 2.24) is 0 Å². The van der Waals surface area contributed by atoms with Crippen LogP contribution in [0.4, 0.5) is 51.2 Å². The van der Waals surface area contributed by atoms with E-state index in [1.54, 1.807) is 0 Å². The lowest BCUT2D eigenvalue weighted by Crippen LogP contribution is -2.61. The molecule has 0 N–H and O–H groups in total. The molecule has 0 saturated carbocycles. The molecule has 0 saturated heterocycles. The van der Waals surface area contributed by atoms with Crippen molar-refractivity contribution >= 4 is 106 Å². The topological polar surface area (TPSA) is 9.72 Å². The SMILES string of the molecule is [2H]C([2H])([2H])c1cc2c3c(c1)N(c1ccc(C(C)(C)C)c4c1sc1ccccc14)c1cc(N(c4ccc(C(C)(C)C)cc4)c4ccc(C(C)(C)C)cc4)ccc1B3c1cc3c(cc1N2c1cc2c(cc1C)C(C)(C)CCC2(C)C)C(C)(C)CC3(C)C. The average Bonchev–Trinajstić information content (AvgIpc) is 1.54. The van der Waals surface area contributed by atoms with Crippen molar-refractivity contribution in [1.29, 1.82) is 0 Å². The highest BCUT2D eigenvalue weighted by Gasteiger charge is 2.49. The summed E-state index contributed by atoms with van der Waals surface area (Å²) in [5.41, 5.74) is 23.5. The fraction of sp³-hybridized carbons (Fsp3) is 0.377. The zero-order valence-electron chi connectivity index (χ0n) is 55.2. The lowest BCUT2D eigenvalue weighted by atomic mass is 9.33. The van der Waals surface area contributed by atoms with Crippen molar-refractivity contribution in [2.75, 3.05) is 14.7 Å². The van der Waals surface area contributed by atoms with Gasteiger partial charge in [0.05, 0.1) is 10.4 Å². The minimum atomic E-state index is -2.43. The van der Waals surface area contributed by atoms with Crippen LogP contribution in [0.25, 0.3) is 20.2 Å². The predicted octanol–water partition coefficient (Wildman–Crippen LogP) is 20.4. The van der Waals surface area contributed by atoms with Crippen LogP contribution in [0, 0.1) is 13.8 Å². The smallest absolute Gasteiger partial charge is 0.252 e. The first-order valence-electron chi connectivity index (χ1n) is 31.8. The van der Waals surface area contributed by atoms with Crippen molar-refractivity contribution < 1.29 is 4.11 Å². The Labute approximate surface area is 500 Å². The molecule has 13 rings (SSSR count). The Morgan fingerprint density at radius 3 is 1.57 bits per heavy atom. The zero-order valence-corrected chi connectivity index (χ0v) is 53.0. The van der Waals surface area contributed by atoms with Gasteiger partial charge in [-0.25, -0.2) is 0 Å². The summed E-state index contributed by atoms with van der Waals surface area (Å²) in [5.74, 6) is 0. The third-order valence-electron chi connectivity index (χ3n) is 19.7. The zero-order chi connectivity index (χ0) is 60.8. The summed E-state index contributed by atoms with van der Waals surface area (Å²) in [4.78, 5) is 7.44. The van der Waals surface area contributed by atoms with E-state index in [4.69, 9.17) is 0 Å². The largest absolute Gasteiger partial charge is 0.311 e. The number of nitrogens with zero attached hydrogens (tertiary/aromatic N) is 3. The molecule has 0 bridgehead atoms. The molecule has 82 heavy (non-hydrogen) atoms. The number of hydrogen-bond acceptors (Lipinski definition) is 4. The highest BCUT2D eigenvalue weighted by atomic mass is 32.1. The molecule has 5 heteroatoms. The molecular weight excluding hydrogens is 1010 g/mol. The Balaban J connectivity index is 1.17. The number of rotatable bonds is 5. The van der Waals surface area contributed by atoms with E-state index < -0.39 is 6.85 Å². The number of thiophene rings is 1. The lowest BCUT2D eigenvalue weighted by molar-refractivity contribution is 0.332. The number of benzene rings is 8. The van der Waals surface area contributed by atoms with E-state index in [-0.39, 0.29) is 44.6 Å². The summed E-state index contributed by atoms with van der Waals surface area (Å²) in [6.45, 7) is 39.6. The Kier molecular flexibility index (Phi) is 11.2. The van der Waals surface area contributed by atoms with Gasteiger partial charge in [-0.15, -0.1) is 11.3 Å². The molecular formula is C77H86BN3S. The highest BCUT2D eigenvalue weighted by Crippen LogP contribution is 2.56. The second-order valence-electron chi connectivity index (χ2n) is 30.7. The van der Waals surface area contributed by atoms with E-state index in [0.717, 1.165) is 75.9 Å². The van der Waals surface area contributed by atoms with Crippen molar-refractivity contribution in [2.24, 2.45) is 0 Å². The average molecular weight is 1100 g/mol. The van der Waals surface area contributed by atoms with Crippen molar-refractivity contribution in [2.45, 2.75) is 189 Å². The van der Waals surface area contributed by atoms with Gasteiger partial charge in [0, 0.05) is 65.1 Å². The molecule has 2 aliphatic heterocycles. The van der Waals surface area contributed by atoms with E-state index in [0.29, 0.717) is 5.56 Å². The maximum absolute atomic E-state index is 9.50. The Morgan fingerprint density at radius 2 is 1.00 bits per heavy atom. The van der Waals surface area contributed by atoms with E-state index in [1.807, 2.05) is 11.3 Å². The summed E-state index contributed by atoms with van der Waals surface area (Å²) >= 11 is 1.85. The molecule has 0 amide bonds. The molecule has 8 aromatic carbocycles. The standard InChI is InChI=1S/C77H86BN3S/c1-46-38-65-69-66(39-46)81(62-43-57-55(40-47(62)2)74(12,13)36-37-75(57,14)15)64-44-58-56(76(16,17)45-77(58,18)19)42-60(64)78(69)59-34-32-52(79(50-28-24-48(25-29-50)71(3,4)5)51-30-26-49(27-31-51)72(6,7)8)41-63(59)80(65)61-35-33-54(73(9,10)11)68-53-22-20-21-23-67(53)82-70(61)68/h20-35,38-44H,36-37,45H2,1-19H3/i1D3. The van der Waals surface area contributed by atoms with Crippen LogP contribution in [-0.2, 0) is 37.9 Å². The van der Waals surface area contributed by atoms with Crippen LogP contribution in [0.1, 0.15) is 191 Å². The maximum atomic E-state index is 9.50. The number of anilines is 9. The first-order valence-corrected chi connectivity index (χ1v) is 31.1. The van der Waals surface area contributed by atoms with Crippen molar-refractivity contribution in [3.05, 3.63) is 190 Å². The highest BCUT2D eigenvalue weighted by molar-refractivity contribution is 7.26. The van der Waals surface area contributed by atoms with Crippen molar-refractivity contribution in [3.8, 4) is 0 Å². The number of hydrogen-bond donors (Lipinski definition) is 0. The lowest BCUT2D eigenvalue weighted by Gasteiger charge is -2.47. The van der Waals surface area contributed by atoms with E-state index in [9.17, 15) is 4.11 Å². The fourth-order valence-corrected chi connectivity index (χ4v) is 16.6. The first kappa shape index (κ1) is 51.1. The monoisotopic (exact) mass is 1100 g/mol. The third-order valence-corrected chi connectivity index (χ3v) is 20.9. The second-order valence-corrected chi connectivity index (χ2v) is 31.8. The summed E-state index contributed by atoms with van der Waals surface area (Å²) in [6, 6.07) is 53.3. The van der Waals surface area contributed by atoms with E-state index in [1.165, 1.54) is 75.6 Å². The van der Waals surface area contributed by atoms with Gasteiger partial charge in [-0.2, -0.15) is 0 Å². The van der Waals surface area contributed by atoms with Crippen LogP contribution in [0.15, 0.2) is 140 Å². The predicted molar refractivity (Wildman–Crippen MR) is 360 cm³/mol. The van der Waals surface area contributed by atoms with Crippen LogP contribution < -0.4 is 31.1 Å². The fourth-order valence-electron chi connectivity index (χ4n) is 15.3. The van der Waals surface area contributed by atoms with Gasteiger partial charge in [0.15, 0.2) is 0 Å². The summed E-state index contributed by atoms with van der Waals surface area (Å²) in [6.07, 6.45) is 3.24. The molecule has 3 heterocycles. The Bertz CT molecular complexity index is 4170. The van der Waals surface area contributed by atoms with Gasteiger partial charge in [-0.1, -0.05) is 184 Å². The van der Waals surface area contributed by atoms with E-state index in [2.05, 4.69) is 279 Å². The Hall–Kier alpha value is -6.56. The molecule has 0 unspecified atom stereocenters. The number of fused-ring (bicyclic) bond motifs is 9. The van der Waals surface area contributed by atoms with E-state index >= 15 is 0 Å². The molecule has 0 spiro atoms. The molecule has 0 atom stereocenters. The molecule has 4 aliphatic rings. The first-order chi connectivity index (χ1) is 39.5. The third kappa shape index (κ3) is 8.46. The maximum Gasteiger partial charge on any atom is 0.252 e. The van der Waals surface area contributed by atoms with Gasteiger partial charge in [0.25, 0.3) is 6.71 Å². The summed E-state index contributed by atoms with van der Waals surface area (Å²) in [7, 11) is 0. The van der Waals surface area contributed by atoms with Gasteiger partial charge in [0.2, 0.25) is 0 Å². The van der Waals surface area contributed by atoms with Crippen LogP contribution >= 0.6 is 11.3 Å².